The van der Waals surface area contributed by atoms with Crippen LogP contribution in [-0.2, 0) is 0 Å². The lowest BCUT2D eigenvalue weighted by molar-refractivity contribution is 0.607. The van der Waals surface area contributed by atoms with Crippen LogP contribution in [0.25, 0.3) is 0 Å². The molecular formula is C16H19FN2. The molecule has 0 aliphatic heterocycles. The van der Waals surface area contributed by atoms with E-state index >= 15 is 0 Å². The normalized spacial score (nSPS) is 12.4. The number of halogens is 1. The summed E-state index contributed by atoms with van der Waals surface area (Å²) in [5.41, 5.74) is 4.18. The topological polar surface area (TPSA) is 24.9 Å². The first-order chi connectivity index (χ1) is 9.13. The molecule has 1 aromatic heterocycles. The van der Waals surface area contributed by atoms with Crippen LogP contribution in [0.5, 0.6) is 0 Å². The number of hydrogen-bond acceptors (Lipinski definition) is 2. The van der Waals surface area contributed by atoms with Crippen LogP contribution in [0.1, 0.15) is 35.3 Å². The Morgan fingerprint density at radius 2 is 2.00 bits per heavy atom. The van der Waals surface area contributed by atoms with Crippen molar-refractivity contribution >= 4 is 0 Å². The van der Waals surface area contributed by atoms with Gasteiger partial charge in [0.1, 0.15) is 5.82 Å². The molecule has 0 saturated carbocycles. The summed E-state index contributed by atoms with van der Waals surface area (Å²) >= 11 is 0. The van der Waals surface area contributed by atoms with Gasteiger partial charge in [0, 0.05) is 11.9 Å². The van der Waals surface area contributed by atoms with Crippen molar-refractivity contribution < 1.29 is 4.39 Å². The number of nitrogens with zero attached hydrogens (tertiary/aromatic N) is 1. The Balaban J connectivity index is 2.48. The van der Waals surface area contributed by atoms with Gasteiger partial charge in [-0.1, -0.05) is 19.1 Å². The molecule has 100 valence electrons. The fraction of sp³-hybridized carbons (Fsp3) is 0.312. The van der Waals surface area contributed by atoms with Crippen LogP contribution < -0.4 is 5.32 Å². The van der Waals surface area contributed by atoms with Gasteiger partial charge in [-0.2, -0.15) is 0 Å². The van der Waals surface area contributed by atoms with Gasteiger partial charge in [-0.3, -0.25) is 4.98 Å². The summed E-state index contributed by atoms with van der Waals surface area (Å²) in [4.78, 5) is 4.34. The highest BCUT2D eigenvalue weighted by Crippen LogP contribution is 2.26. The first kappa shape index (κ1) is 13.7. The number of nitrogens with one attached hydrogen (secondary N) is 1. The summed E-state index contributed by atoms with van der Waals surface area (Å²) in [5.74, 6) is -0.195. The van der Waals surface area contributed by atoms with Crippen molar-refractivity contribution in [2.75, 3.05) is 6.54 Å². The van der Waals surface area contributed by atoms with Gasteiger partial charge in [0.25, 0.3) is 0 Å². The van der Waals surface area contributed by atoms with Crippen molar-refractivity contribution in [2.24, 2.45) is 0 Å². The van der Waals surface area contributed by atoms with Crippen molar-refractivity contribution in [1.82, 2.24) is 10.3 Å². The van der Waals surface area contributed by atoms with Crippen LogP contribution in [0.4, 0.5) is 4.39 Å². The first-order valence-corrected chi connectivity index (χ1v) is 6.54. The molecule has 0 aliphatic rings. The molecule has 0 radical (unpaired) electrons. The quantitative estimate of drug-likeness (QED) is 0.907. The second-order valence-electron chi connectivity index (χ2n) is 4.67. The average molecular weight is 258 g/mol. The molecule has 1 N–H and O–H groups in total. The largest absolute Gasteiger partial charge is 0.306 e. The van der Waals surface area contributed by atoms with E-state index in [0.717, 1.165) is 28.9 Å². The van der Waals surface area contributed by atoms with Gasteiger partial charge < -0.3 is 5.32 Å². The Hall–Kier alpha value is -1.74. The molecule has 2 aromatic rings. The van der Waals surface area contributed by atoms with Crippen molar-refractivity contribution in [1.29, 1.82) is 0 Å². The average Bonchev–Trinajstić information content (AvgIpc) is 2.38. The van der Waals surface area contributed by atoms with Gasteiger partial charge in [-0.05, 0) is 55.3 Å². The van der Waals surface area contributed by atoms with Crippen LogP contribution >= 0.6 is 0 Å². The Morgan fingerprint density at radius 3 is 2.63 bits per heavy atom. The lowest BCUT2D eigenvalue weighted by Gasteiger charge is -2.22. The number of aryl methyl sites for hydroxylation is 2. The van der Waals surface area contributed by atoms with E-state index in [0.29, 0.717) is 0 Å². The van der Waals surface area contributed by atoms with E-state index in [4.69, 9.17) is 0 Å². The molecule has 0 bridgehead atoms. The number of rotatable bonds is 4. The minimum absolute atomic E-state index is 0.0549. The third-order valence-corrected chi connectivity index (χ3v) is 3.31. The summed E-state index contributed by atoms with van der Waals surface area (Å²) in [5, 5.41) is 3.45. The molecule has 2 nitrogen and oxygen atoms in total. The molecular weight excluding hydrogens is 239 g/mol. The lowest BCUT2D eigenvalue weighted by Crippen LogP contribution is -2.23. The Morgan fingerprint density at radius 1 is 1.21 bits per heavy atom. The fourth-order valence-electron chi connectivity index (χ4n) is 2.36. The van der Waals surface area contributed by atoms with E-state index in [2.05, 4.69) is 23.3 Å². The third kappa shape index (κ3) is 2.99. The summed E-state index contributed by atoms with van der Waals surface area (Å²) in [6.07, 6.45) is 1.79. The molecule has 1 unspecified atom stereocenters. The molecule has 3 heteroatoms. The first-order valence-electron chi connectivity index (χ1n) is 6.54. The molecule has 0 amide bonds. The summed E-state index contributed by atoms with van der Waals surface area (Å²) in [6, 6.07) is 9.00. The minimum Gasteiger partial charge on any atom is -0.306 e. The van der Waals surface area contributed by atoms with Crippen molar-refractivity contribution in [3.63, 3.8) is 0 Å². The van der Waals surface area contributed by atoms with Crippen LogP contribution in [-0.4, -0.2) is 11.5 Å². The maximum Gasteiger partial charge on any atom is 0.123 e. The monoisotopic (exact) mass is 258 g/mol. The van der Waals surface area contributed by atoms with E-state index in [1.807, 2.05) is 26.0 Å². The van der Waals surface area contributed by atoms with Gasteiger partial charge in [0.2, 0.25) is 0 Å². The zero-order chi connectivity index (χ0) is 13.8. The van der Waals surface area contributed by atoms with E-state index in [-0.39, 0.29) is 11.9 Å². The van der Waals surface area contributed by atoms with Crippen molar-refractivity contribution in [3.8, 4) is 0 Å². The maximum atomic E-state index is 13.2. The van der Waals surface area contributed by atoms with E-state index in [1.54, 1.807) is 12.3 Å². The van der Waals surface area contributed by atoms with Crippen LogP contribution in [0.15, 0.2) is 36.5 Å². The highest BCUT2D eigenvalue weighted by Gasteiger charge is 2.17. The van der Waals surface area contributed by atoms with Crippen molar-refractivity contribution in [2.45, 2.75) is 26.8 Å². The molecule has 1 heterocycles. The van der Waals surface area contributed by atoms with E-state index in [9.17, 15) is 4.39 Å². The summed E-state index contributed by atoms with van der Waals surface area (Å²) < 4.78 is 13.2. The predicted molar refractivity (Wildman–Crippen MR) is 75.6 cm³/mol. The molecule has 0 spiro atoms. The smallest absolute Gasteiger partial charge is 0.123 e. The minimum atomic E-state index is -0.195. The predicted octanol–water partition coefficient (Wildman–Crippen LogP) is 3.54. The van der Waals surface area contributed by atoms with Gasteiger partial charge in [0.05, 0.1) is 6.04 Å². The van der Waals surface area contributed by atoms with Crippen LogP contribution in [0, 0.1) is 19.7 Å². The fourth-order valence-corrected chi connectivity index (χ4v) is 2.36. The number of aromatic nitrogens is 1. The van der Waals surface area contributed by atoms with Gasteiger partial charge >= 0.3 is 0 Å². The number of hydrogen-bond donors (Lipinski definition) is 1. The molecule has 0 fully saturated rings. The maximum absolute atomic E-state index is 13.2. The molecule has 19 heavy (non-hydrogen) atoms. The van der Waals surface area contributed by atoms with Gasteiger partial charge in [0.15, 0.2) is 0 Å². The SMILES string of the molecule is CCNC(c1ccc(F)cc1C)c1cccnc1C. The van der Waals surface area contributed by atoms with Crippen molar-refractivity contribution in [3.05, 3.63) is 64.7 Å². The highest BCUT2D eigenvalue weighted by molar-refractivity contribution is 5.38. The summed E-state index contributed by atoms with van der Waals surface area (Å²) in [7, 11) is 0. The van der Waals surface area contributed by atoms with E-state index < -0.39 is 0 Å². The molecule has 0 aliphatic carbocycles. The molecule has 2 rings (SSSR count). The number of pyridine rings is 1. The zero-order valence-electron chi connectivity index (χ0n) is 11.6. The second-order valence-corrected chi connectivity index (χ2v) is 4.67. The Kier molecular flexibility index (Phi) is 4.27. The van der Waals surface area contributed by atoms with Crippen LogP contribution in [0.3, 0.4) is 0 Å². The summed E-state index contributed by atoms with van der Waals surface area (Å²) in [6.45, 7) is 6.85. The second kappa shape index (κ2) is 5.93. The van der Waals surface area contributed by atoms with Crippen LogP contribution in [0.2, 0.25) is 0 Å². The molecule has 0 saturated heterocycles. The highest BCUT2D eigenvalue weighted by atomic mass is 19.1. The zero-order valence-corrected chi connectivity index (χ0v) is 11.6. The van der Waals surface area contributed by atoms with E-state index in [1.165, 1.54) is 6.07 Å². The third-order valence-electron chi connectivity index (χ3n) is 3.31. The Labute approximate surface area is 113 Å². The Bertz CT molecular complexity index is 566. The van der Waals surface area contributed by atoms with Gasteiger partial charge in [-0.25, -0.2) is 4.39 Å². The lowest BCUT2D eigenvalue weighted by atomic mass is 9.94. The molecule has 1 atom stereocenters. The standard InChI is InChI=1S/C16H19FN2/c1-4-18-16(15-6-5-9-19-12(15)3)14-8-7-13(17)10-11(14)2/h5-10,16,18H,4H2,1-3H3. The number of benzene rings is 1. The van der Waals surface area contributed by atoms with Gasteiger partial charge in [-0.15, -0.1) is 0 Å². The molecule has 1 aromatic carbocycles.